The van der Waals surface area contributed by atoms with Crippen molar-refractivity contribution in [3.05, 3.63) is 34.9 Å². The van der Waals surface area contributed by atoms with Gasteiger partial charge in [-0.15, -0.1) is 0 Å². The van der Waals surface area contributed by atoms with Gasteiger partial charge in [0.25, 0.3) is 0 Å². The first-order chi connectivity index (χ1) is 6.60. The molecule has 76 valence electrons. The molecule has 4 heteroatoms. The Morgan fingerprint density at radius 2 is 1.93 bits per heavy atom. The summed E-state index contributed by atoms with van der Waals surface area (Å²) in [7, 11) is 0. The molecule has 1 aliphatic heterocycles. The average molecular weight is 232 g/mol. The predicted molar refractivity (Wildman–Crippen MR) is 57.4 cm³/mol. The van der Waals surface area contributed by atoms with Gasteiger partial charge < -0.3 is 5.11 Å². The Bertz CT molecular complexity index is 327. The lowest BCUT2D eigenvalue weighted by atomic mass is 9.93. The van der Waals surface area contributed by atoms with Crippen LogP contribution in [0, 0.1) is 0 Å². The summed E-state index contributed by atoms with van der Waals surface area (Å²) >= 11 is 11.6. The van der Waals surface area contributed by atoms with Gasteiger partial charge in [0.15, 0.2) is 0 Å². The van der Waals surface area contributed by atoms with Crippen LogP contribution >= 0.6 is 23.4 Å². The molecule has 0 spiro atoms. The monoisotopic (exact) mass is 231 g/mol. The maximum absolute atomic E-state index is 10.3. The van der Waals surface area contributed by atoms with E-state index in [1.807, 2.05) is 12.1 Å². The molecule has 0 saturated carbocycles. The van der Waals surface area contributed by atoms with E-state index in [1.54, 1.807) is 16.6 Å². The second-order valence-electron chi connectivity index (χ2n) is 3.63. The largest absolute Gasteiger partial charge is 0.384 e. The van der Waals surface area contributed by atoms with E-state index in [1.165, 1.54) is 0 Å². The van der Waals surface area contributed by atoms with Gasteiger partial charge in [-0.1, -0.05) is 23.7 Å². The predicted octanol–water partition coefficient (Wildman–Crippen LogP) is 2.39. The first-order valence-electron chi connectivity index (χ1n) is 4.49. The van der Waals surface area contributed by atoms with Crippen LogP contribution in [0.3, 0.4) is 0 Å². The Hall–Kier alpha value is -0.280. The lowest BCUT2D eigenvalue weighted by Crippen LogP contribution is -2.27. The normalized spacial score (nSPS) is 28.2. The van der Waals surface area contributed by atoms with Crippen LogP contribution in [0.5, 0.6) is 0 Å². The number of aliphatic hydroxyl groups is 1. The Kier molecular flexibility index (Phi) is 2.71. The molecule has 0 aliphatic carbocycles. The summed E-state index contributed by atoms with van der Waals surface area (Å²) < 4.78 is 1.61. The molecule has 1 aliphatic rings. The standard InChI is InChI=1S/C10H11Cl2NO/c11-9-3-1-8(2-4-9)10(14)5-6-13(12)7-10/h1-4,14H,5-7H2. The van der Waals surface area contributed by atoms with Crippen LogP contribution < -0.4 is 0 Å². The van der Waals surface area contributed by atoms with Crippen molar-refractivity contribution in [3.63, 3.8) is 0 Å². The fourth-order valence-electron chi connectivity index (χ4n) is 1.74. The van der Waals surface area contributed by atoms with Crippen molar-refractivity contribution in [1.82, 2.24) is 4.42 Å². The van der Waals surface area contributed by atoms with Gasteiger partial charge >= 0.3 is 0 Å². The van der Waals surface area contributed by atoms with Crippen LogP contribution in [0.15, 0.2) is 24.3 Å². The number of benzene rings is 1. The molecular formula is C10H11Cl2NO. The smallest absolute Gasteiger partial charge is 0.105 e. The number of rotatable bonds is 1. The molecule has 0 aromatic heterocycles. The van der Waals surface area contributed by atoms with Gasteiger partial charge in [0.1, 0.15) is 5.60 Å². The van der Waals surface area contributed by atoms with Gasteiger partial charge in [-0.3, -0.25) is 0 Å². The summed E-state index contributed by atoms with van der Waals surface area (Å²) in [6, 6.07) is 7.26. The third kappa shape index (κ3) is 1.89. The summed E-state index contributed by atoms with van der Waals surface area (Å²) in [6.45, 7) is 1.18. The number of nitrogens with zero attached hydrogens (tertiary/aromatic N) is 1. The van der Waals surface area contributed by atoms with Crippen LogP contribution in [0.25, 0.3) is 0 Å². The molecule has 1 aromatic carbocycles. The molecule has 0 bridgehead atoms. The zero-order valence-corrected chi connectivity index (χ0v) is 9.09. The lowest BCUT2D eigenvalue weighted by Gasteiger charge is -2.22. The minimum Gasteiger partial charge on any atom is -0.384 e. The molecule has 0 amide bonds. The Morgan fingerprint density at radius 1 is 1.29 bits per heavy atom. The summed E-state index contributed by atoms with van der Waals surface area (Å²) in [5.41, 5.74) is 0.0665. The molecule has 1 heterocycles. The van der Waals surface area contributed by atoms with Gasteiger partial charge in [-0.2, -0.15) is 0 Å². The highest BCUT2D eigenvalue weighted by atomic mass is 35.5. The average Bonchev–Trinajstić information content (AvgIpc) is 2.48. The number of halogens is 2. The molecule has 1 atom stereocenters. The van der Waals surface area contributed by atoms with E-state index in [0.29, 0.717) is 24.5 Å². The molecule has 1 aromatic rings. The second kappa shape index (κ2) is 3.70. The summed E-state index contributed by atoms with van der Waals surface area (Å²) in [4.78, 5) is 0. The highest BCUT2D eigenvalue weighted by Gasteiger charge is 2.36. The SMILES string of the molecule is OC1(c2ccc(Cl)cc2)CCN(Cl)C1. The van der Waals surface area contributed by atoms with Gasteiger partial charge in [0.2, 0.25) is 0 Å². The zero-order chi connectivity index (χ0) is 10.2. The van der Waals surface area contributed by atoms with E-state index in [2.05, 4.69) is 0 Å². The number of hydrogen-bond acceptors (Lipinski definition) is 2. The number of β-amino-alcohol motifs (C(OH)–C–C–N with tert-alkyl or cyclic N) is 1. The molecule has 1 unspecified atom stereocenters. The first kappa shape index (κ1) is 10.2. The Morgan fingerprint density at radius 3 is 2.43 bits per heavy atom. The van der Waals surface area contributed by atoms with Crippen molar-refractivity contribution < 1.29 is 5.11 Å². The minimum atomic E-state index is -0.813. The van der Waals surface area contributed by atoms with Gasteiger partial charge in [-0.25, -0.2) is 4.42 Å². The third-order valence-electron chi connectivity index (χ3n) is 2.58. The van der Waals surface area contributed by atoms with Crippen molar-refractivity contribution in [1.29, 1.82) is 0 Å². The van der Waals surface area contributed by atoms with Crippen LogP contribution in [0.4, 0.5) is 0 Å². The fraction of sp³-hybridized carbons (Fsp3) is 0.400. The van der Waals surface area contributed by atoms with Crippen LogP contribution in [0.1, 0.15) is 12.0 Å². The van der Waals surface area contributed by atoms with Crippen molar-refractivity contribution in [2.45, 2.75) is 12.0 Å². The van der Waals surface area contributed by atoms with Gasteiger partial charge in [0.05, 0.1) is 0 Å². The Balaban J connectivity index is 2.26. The minimum absolute atomic E-state index is 0.468. The highest BCUT2D eigenvalue weighted by Crippen LogP contribution is 2.33. The first-order valence-corrected chi connectivity index (χ1v) is 5.21. The van der Waals surface area contributed by atoms with E-state index in [4.69, 9.17) is 23.4 Å². The highest BCUT2D eigenvalue weighted by molar-refractivity contribution is 6.30. The number of hydrogen-bond donors (Lipinski definition) is 1. The van der Waals surface area contributed by atoms with Crippen molar-refractivity contribution >= 4 is 23.4 Å². The topological polar surface area (TPSA) is 23.5 Å². The molecular weight excluding hydrogens is 221 g/mol. The third-order valence-corrected chi connectivity index (χ3v) is 3.12. The zero-order valence-electron chi connectivity index (χ0n) is 7.58. The van der Waals surface area contributed by atoms with Crippen LogP contribution in [0.2, 0.25) is 5.02 Å². The van der Waals surface area contributed by atoms with Crippen molar-refractivity contribution in [3.8, 4) is 0 Å². The van der Waals surface area contributed by atoms with Crippen molar-refractivity contribution in [2.75, 3.05) is 13.1 Å². The molecule has 1 fully saturated rings. The lowest BCUT2D eigenvalue weighted by molar-refractivity contribution is 0.0533. The van der Waals surface area contributed by atoms with E-state index >= 15 is 0 Å². The summed E-state index contributed by atoms with van der Waals surface area (Å²) in [5, 5.41) is 10.9. The summed E-state index contributed by atoms with van der Waals surface area (Å²) in [6.07, 6.45) is 0.665. The van der Waals surface area contributed by atoms with Crippen LogP contribution in [-0.2, 0) is 5.60 Å². The van der Waals surface area contributed by atoms with Crippen LogP contribution in [-0.4, -0.2) is 22.6 Å². The van der Waals surface area contributed by atoms with E-state index in [-0.39, 0.29) is 0 Å². The van der Waals surface area contributed by atoms with E-state index in [0.717, 1.165) is 5.56 Å². The maximum Gasteiger partial charge on any atom is 0.105 e. The van der Waals surface area contributed by atoms with Gasteiger partial charge in [-0.05, 0) is 35.9 Å². The summed E-state index contributed by atoms with van der Waals surface area (Å²) in [5.74, 6) is 0. The van der Waals surface area contributed by atoms with E-state index < -0.39 is 5.60 Å². The molecule has 0 radical (unpaired) electrons. The molecule has 2 nitrogen and oxygen atoms in total. The quantitative estimate of drug-likeness (QED) is 0.751. The molecule has 2 rings (SSSR count). The van der Waals surface area contributed by atoms with Crippen molar-refractivity contribution in [2.24, 2.45) is 0 Å². The Labute approximate surface area is 93.2 Å². The molecule has 1 N–H and O–H groups in total. The van der Waals surface area contributed by atoms with E-state index in [9.17, 15) is 5.11 Å². The maximum atomic E-state index is 10.3. The molecule has 1 saturated heterocycles. The fourth-order valence-corrected chi connectivity index (χ4v) is 2.15. The van der Waals surface area contributed by atoms with Gasteiger partial charge in [0, 0.05) is 18.1 Å². The molecule has 14 heavy (non-hydrogen) atoms. The second-order valence-corrected chi connectivity index (χ2v) is 4.55.